The van der Waals surface area contributed by atoms with E-state index in [0.717, 1.165) is 37.2 Å². The average Bonchev–Trinajstić information content (AvgIpc) is 3.10. The number of likely N-dealkylation sites (N-methyl/N-ethyl adjacent to an activating group) is 1. The Morgan fingerprint density at radius 3 is 2.67 bits per heavy atom. The first kappa shape index (κ1) is 17.8. The van der Waals surface area contributed by atoms with Crippen LogP contribution >= 0.6 is 27.7 Å². The molecule has 130 valence electrons. The molecule has 2 aliphatic rings. The first-order chi connectivity index (χ1) is 11.6. The van der Waals surface area contributed by atoms with E-state index in [-0.39, 0.29) is 17.9 Å². The Kier molecular flexibility index (Phi) is 5.84. The number of carbonyl (C=O) groups excluding carboxylic acids is 2. The summed E-state index contributed by atoms with van der Waals surface area (Å²) in [6.07, 6.45) is 0. The smallest absolute Gasteiger partial charge is 0.255 e. The molecule has 1 atom stereocenters. The molecule has 2 aliphatic heterocycles. The van der Waals surface area contributed by atoms with Crippen LogP contribution in [0.25, 0.3) is 0 Å². The van der Waals surface area contributed by atoms with Crippen LogP contribution in [0.2, 0.25) is 0 Å². The first-order valence-electron chi connectivity index (χ1n) is 8.25. The number of rotatable bonds is 3. The zero-order chi connectivity index (χ0) is 17.1. The Morgan fingerprint density at radius 1 is 1.25 bits per heavy atom. The summed E-state index contributed by atoms with van der Waals surface area (Å²) >= 11 is 5.05. The highest BCUT2D eigenvalue weighted by Gasteiger charge is 2.38. The van der Waals surface area contributed by atoms with Gasteiger partial charge in [-0.2, -0.15) is 0 Å². The molecule has 2 saturated heterocycles. The Hall–Kier alpha value is -1.05. The van der Waals surface area contributed by atoms with Crippen LogP contribution in [0.3, 0.4) is 0 Å². The standard InChI is InChI=1S/C17H22BrN3O2S/c1-2-19-6-8-20(9-7-19)17(23)15-11-24-12-21(15)16(22)13-4-3-5-14(18)10-13/h3-5,10,15H,2,6-9,11-12H2,1H3/t15-/m1/s1. The molecule has 5 nitrogen and oxygen atoms in total. The number of amides is 2. The van der Waals surface area contributed by atoms with E-state index in [1.165, 1.54) is 0 Å². The van der Waals surface area contributed by atoms with Crippen molar-refractivity contribution < 1.29 is 9.59 Å². The minimum atomic E-state index is -0.338. The van der Waals surface area contributed by atoms with E-state index in [1.54, 1.807) is 22.7 Å². The number of benzene rings is 1. The summed E-state index contributed by atoms with van der Waals surface area (Å²) in [6, 6.07) is 7.02. The van der Waals surface area contributed by atoms with Crippen molar-refractivity contribution in [1.29, 1.82) is 0 Å². The van der Waals surface area contributed by atoms with Gasteiger partial charge in [0.2, 0.25) is 5.91 Å². The predicted molar refractivity (Wildman–Crippen MR) is 100 cm³/mol. The van der Waals surface area contributed by atoms with Gasteiger partial charge in [-0.05, 0) is 24.7 Å². The molecule has 0 N–H and O–H groups in total. The summed E-state index contributed by atoms with van der Waals surface area (Å²) < 4.78 is 0.874. The Balaban J connectivity index is 1.69. The Bertz CT molecular complexity index is 620. The van der Waals surface area contributed by atoms with E-state index in [1.807, 2.05) is 23.1 Å². The Morgan fingerprint density at radius 2 is 2.00 bits per heavy atom. The zero-order valence-corrected chi connectivity index (χ0v) is 16.2. The highest BCUT2D eigenvalue weighted by atomic mass is 79.9. The molecule has 1 aromatic rings. The highest BCUT2D eigenvalue weighted by molar-refractivity contribution is 9.10. The van der Waals surface area contributed by atoms with Crippen molar-refractivity contribution in [1.82, 2.24) is 14.7 Å². The molecule has 0 spiro atoms. The molecule has 0 saturated carbocycles. The van der Waals surface area contributed by atoms with Gasteiger partial charge in [-0.1, -0.05) is 28.9 Å². The van der Waals surface area contributed by atoms with Gasteiger partial charge in [0.15, 0.2) is 0 Å². The van der Waals surface area contributed by atoms with Crippen molar-refractivity contribution in [3.05, 3.63) is 34.3 Å². The van der Waals surface area contributed by atoms with Gasteiger partial charge < -0.3 is 14.7 Å². The fourth-order valence-corrected chi connectivity index (χ4v) is 4.67. The van der Waals surface area contributed by atoms with Crippen LogP contribution in [0, 0.1) is 0 Å². The van der Waals surface area contributed by atoms with E-state index in [4.69, 9.17) is 0 Å². The maximum absolute atomic E-state index is 12.9. The Labute approximate surface area is 155 Å². The minimum absolute atomic E-state index is 0.0631. The van der Waals surface area contributed by atoms with Gasteiger partial charge in [-0.25, -0.2) is 0 Å². The maximum Gasteiger partial charge on any atom is 0.255 e. The fraction of sp³-hybridized carbons (Fsp3) is 0.529. The number of halogens is 1. The zero-order valence-electron chi connectivity index (χ0n) is 13.8. The lowest BCUT2D eigenvalue weighted by molar-refractivity contribution is -0.136. The lowest BCUT2D eigenvalue weighted by Gasteiger charge is -2.36. The van der Waals surface area contributed by atoms with Gasteiger partial charge in [-0.3, -0.25) is 9.59 Å². The van der Waals surface area contributed by atoms with Gasteiger partial charge in [-0.15, -0.1) is 11.8 Å². The van der Waals surface area contributed by atoms with Crippen LogP contribution in [0.5, 0.6) is 0 Å². The van der Waals surface area contributed by atoms with Crippen LogP contribution in [0.4, 0.5) is 0 Å². The second kappa shape index (κ2) is 7.89. The lowest BCUT2D eigenvalue weighted by atomic mass is 10.1. The van der Waals surface area contributed by atoms with Crippen molar-refractivity contribution in [2.75, 3.05) is 44.4 Å². The normalized spacial score (nSPS) is 22.0. The molecule has 0 aliphatic carbocycles. The molecule has 0 unspecified atom stereocenters. The van der Waals surface area contributed by atoms with Gasteiger partial charge in [0.1, 0.15) is 6.04 Å². The third-order valence-corrected chi connectivity index (χ3v) is 6.14. The molecule has 24 heavy (non-hydrogen) atoms. The molecule has 0 aromatic heterocycles. The number of nitrogens with zero attached hydrogens (tertiary/aromatic N) is 3. The summed E-state index contributed by atoms with van der Waals surface area (Å²) in [4.78, 5) is 31.7. The molecule has 2 fully saturated rings. The van der Waals surface area contributed by atoms with Crippen molar-refractivity contribution >= 4 is 39.5 Å². The summed E-state index contributed by atoms with van der Waals surface area (Å²) in [6.45, 7) is 6.52. The number of piperazine rings is 1. The average molecular weight is 412 g/mol. The van der Waals surface area contributed by atoms with Crippen molar-refractivity contribution in [2.45, 2.75) is 13.0 Å². The summed E-state index contributed by atoms with van der Waals surface area (Å²) in [5, 5.41) is 0. The van der Waals surface area contributed by atoms with Crippen LogP contribution in [0.1, 0.15) is 17.3 Å². The molecule has 0 bridgehead atoms. The van der Waals surface area contributed by atoms with E-state index in [0.29, 0.717) is 17.2 Å². The number of hydrogen-bond acceptors (Lipinski definition) is 4. The van der Waals surface area contributed by atoms with E-state index in [2.05, 4.69) is 27.8 Å². The van der Waals surface area contributed by atoms with Crippen LogP contribution in [-0.2, 0) is 4.79 Å². The number of carbonyl (C=O) groups is 2. The topological polar surface area (TPSA) is 43.9 Å². The molecule has 7 heteroatoms. The van der Waals surface area contributed by atoms with Crippen molar-refractivity contribution in [3.8, 4) is 0 Å². The molecule has 2 heterocycles. The number of thioether (sulfide) groups is 1. The van der Waals surface area contributed by atoms with Crippen LogP contribution in [-0.4, -0.2) is 76.9 Å². The molecular weight excluding hydrogens is 390 g/mol. The van der Waals surface area contributed by atoms with Gasteiger partial charge >= 0.3 is 0 Å². The largest absolute Gasteiger partial charge is 0.338 e. The lowest BCUT2D eigenvalue weighted by Crippen LogP contribution is -2.55. The second-order valence-corrected chi connectivity index (χ2v) is 7.98. The van der Waals surface area contributed by atoms with Crippen LogP contribution in [0.15, 0.2) is 28.7 Å². The molecule has 0 radical (unpaired) electrons. The SMILES string of the molecule is CCN1CCN(C(=O)[C@H]2CSCN2C(=O)c2cccc(Br)c2)CC1. The third-order valence-electron chi connectivity index (χ3n) is 4.63. The quantitative estimate of drug-likeness (QED) is 0.763. The minimum Gasteiger partial charge on any atom is -0.338 e. The van der Waals surface area contributed by atoms with E-state index >= 15 is 0 Å². The van der Waals surface area contributed by atoms with Crippen LogP contribution < -0.4 is 0 Å². The second-order valence-electron chi connectivity index (χ2n) is 6.06. The molecular formula is C17H22BrN3O2S. The highest BCUT2D eigenvalue weighted by Crippen LogP contribution is 2.26. The number of hydrogen-bond donors (Lipinski definition) is 0. The van der Waals surface area contributed by atoms with Gasteiger partial charge in [0.25, 0.3) is 5.91 Å². The van der Waals surface area contributed by atoms with Crippen molar-refractivity contribution in [3.63, 3.8) is 0 Å². The molecule has 2 amide bonds. The van der Waals surface area contributed by atoms with Gasteiger partial charge in [0.05, 0.1) is 5.88 Å². The predicted octanol–water partition coefficient (Wildman–Crippen LogP) is 2.13. The maximum atomic E-state index is 12.9. The third kappa shape index (κ3) is 3.78. The molecule has 1 aromatic carbocycles. The summed E-state index contributed by atoms with van der Waals surface area (Å²) in [5.41, 5.74) is 0.625. The fourth-order valence-electron chi connectivity index (χ4n) is 3.13. The van der Waals surface area contributed by atoms with Crippen molar-refractivity contribution in [2.24, 2.45) is 0 Å². The van der Waals surface area contributed by atoms with Gasteiger partial charge in [0, 0.05) is 42.0 Å². The van der Waals surface area contributed by atoms with E-state index in [9.17, 15) is 9.59 Å². The summed E-state index contributed by atoms with van der Waals surface area (Å²) in [7, 11) is 0. The first-order valence-corrected chi connectivity index (χ1v) is 10.2. The van der Waals surface area contributed by atoms with E-state index < -0.39 is 0 Å². The summed E-state index contributed by atoms with van der Waals surface area (Å²) in [5.74, 6) is 1.30. The monoisotopic (exact) mass is 411 g/mol. The molecule has 3 rings (SSSR count).